The molecule has 2 nitrogen and oxygen atoms in total. The summed E-state index contributed by atoms with van der Waals surface area (Å²) in [6, 6.07) is 17.5. The van der Waals surface area contributed by atoms with Crippen molar-refractivity contribution in [3.8, 4) is 0 Å². The van der Waals surface area contributed by atoms with Crippen LogP contribution in [0.25, 0.3) is 12.2 Å². The first-order chi connectivity index (χ1) is 10.3. The molecular formula is C19H17N2+. The van der Waals surface area contributed by atoms with Crippen LogP contribution in [0.15, 0.2) is 67.3 Å². The molecule has 1 aliphatic carbocycles. The van der Waals surface area contributed by atoms with Crippen LogP contribution in [-0.2, 0) is 7.05 Å². The molecule has 1 heterocycles. The van der Waals surface area contributed by atoms with Crippen molar-refractivity contribution in [2.24, 2.45) is 7.05 Å². The fraction of sp³-hybridized carbons (Fsp3) is 0.105. The molecule has 0 aliphatic heterocycles. The Balaban J connectivity index is 2.01. The molecule has 1 aromatic heterocycles. The molecule has 0 N–H and O–H groups in total. The zero-order valence-corrected chi connectivity index (χ0v) is 12.0. The fourth-order valence-corrected chi connectivity index (χ4v) is 3.11. The van der Waals surface area contributed by atoms with Gasteiger partial charge in [-0.05, 0) is 11.1 Å². The van der Waals surface area contributed by atoms with Crippen LogP contribution in [0.1, 0.15) is 28.3 Å². The van der Waals surface area contributed by atoms with Crippen LogP contribution in [0, 0.1) is 0 Å². The summed E-state index contributed by atoms with van der Waals surface area (Å²) in [4.78, 5) is 0. The second kappa shape index (κ2) is 4.74. The number of rotatable bonds is 1. The Labute approximate surface area is 124 Å². The van der Waals surface area contributed by atoms with E-state index in [-0.39, 0.29) is 6.04 Å². The van der Waals surface area contributed by atoms with E-state index in [0.717, 1.165) is 0 Å². The fourth-order valence-electron chi connectivity index (χ4n) is 3.11. The van der Waals surface area contributed by atoms with Gasteiger partial charge in [-0.25, -0.2) is 9.13 Å². The van der Waals surface area contributed by atoms with Crippen LogP contribution < -0.4 is 4.57 Å². The van der Waals surface area contributed by atoms with E-state index in [1.165, 1.54) is 22.3 Å². The van der Waals surface area contributed by atoms with Crippen LogP contribution in [0.3, 0.4) is 0 Å². The molecule has 0 bridgehead atoms. The van der Waals surface area contributed by atoms with Gasteiger partial charge in [-0.15, -0.1) is 0 Å². The topological polar surface area (TPSA) is 8.81 Å². The molecule has 0 radical (unpaired) electrons. The number of hydrogen-bond donors (Lipinski definition) is 0. The maximum absolute atomic E-state index is 2.28. The van der Waals surface area contributed by atoms with Gasteiger partial charge in [0.1, 0.15) is 12.4 Å². The van der Waals surface area contributed by atoms with Crippen molar-refractivity contribution >= 4 is 12.2 Å². The van der Waals surface area contributed by atoms with Crippen molar-refractivity contribution in [1.29, 1.82) is 0 Å². The van der Waals surface area contributed by atoms with Crippen molar-refractivity contribution in [2.75, 3.05) is 0 Å². The molecule has 0 saturated carbocycles. The molecule has 0 amide bonds. The second-order valence-corrected chi connectivity index (χ2v) is 5.52. The lowest BCUT2D eigenvalue weighted by atomic mass is 9.94. The number of benzene rings is 2. The van der Waals surface area contributed by atoms with Crippen molar-refractivity contribution in [3.63, 3.8) is 0 Å². The predicted molar refractivity (Wildman–Crippen MR) is 84.7 cm³/mol. The van der Waals surface area contributed by atoms with Crippen molar-refractivity contribution in [1.82, 2.24) is 4.57 Å². The molecule has 0 fully saturated rings. The molecule has 4 rings (SSSR count). The summed E-state index contributed by atoms with van der Waals surface area (Å²) in [7, 11) is 2.06. The number of fused-ring (bicyclic) bond motifs is 2. The van der Waals surface area contributed by atoms with Crippen molar-refractivity contribution < 1.29 is 4.57 Å². The maximum atomic E-state index is 2.28. The van der Waals surface area contributed by atoms with E-state index in [0.29, 0.717) is 0 Å². The molecule has 21 heavy (non-hydrogen) atoms. The van der Waals surface area contributed by atoms with Gasteiger partial charge < -0.3 is 0 Å². The summed E-state index contributed by atoms with van der Waals surface area (Å²) < 4.78 is 4.37. The molecule has 102 valence electrons. The van der Waals surface area contributed by atoms with E-state index in [4.69, 9.17) is 0 Å². The van der Waals surface area contributed by atoms with Gasteiger partial charge in [0.2, 0.25) is 6.33 Å². The van der Waals surface area contributed by atoms with Crippen molar-refractivity contribution in [3.05, 3.63) is 89.5 Å². The van der Waals surface area contributed by atoms with E-state index in [1.807, 2.05) is 0 Å². The lowest BCUT2D eigenvalue weighted by molar-refractivity contribution is -0.671. The van der Waals surface area contributed by atoms with E-state index in [1.54, 1.807) is 0 Å². The molecule has 0 unspecified atom stereocenters. The summed E-state index contributed by atoms with van der Waals surface area (Å²) in [5.41, 5.74) is 5.26. The summed E-state index contributed by atoms with van der Waals surface area (Å²) in [6.45, 7) is 0. The Morgan fingerprint density at radius 2 is 1.43 bits per heavy atom. The highest BCUT2D eigenvalue weighted by atomic mass is 15.1. The molecule has 3 aromatic rings. The Bertz CT molecular complexity index is 777. The van der Waals surface area contributed by atoms with E-state index in [2.05, 4.69) is 95.6 Å². The van der Waals surface area contributed by atoms with E-state index < -0.39 is 0 Å². The molecule has 1 aliphatic rings. The van der Waals surface area contributed by atoms with Gasteiger partial charge in [0, 0.05) is 11.1 Å². The van der Waals surface area contributed by atoms with Crippen LogP contribution in [-0.4, -0.2) is 4.57 Å². The molecule has 0 atom stereocenters. The van der Waals surface area contributed by atoms with Gasteiger partial charge in [0.05, 0.1) is 7.05 Å². The van der Waals surface area contributed by atoms with Crippen LogP contribution in [0.4, 0.5) is 0 Å². The number of imidazole rings is 1. The zero-order chi connectivity index (χ0) is 14.2. The minimum Gasteiger partial charge on any atom is -0.240 e. The van der Waals surface area contributed by atoms with Gasteiger partial charge >= 0.3 is 0 Å². The average molecular weight is 273 g/mol. The maximum Gasteiger partial charge on any atom is 0.244 e. The third-order valence-electron chi connectivity index (χ3n) is 4.11. The summed E-state index contributed by atoms with van der Waals surface area (Å²) >= 11 is 0. The van der Waals surface area contributed by atoms with Gasteiger partial charge in [0.15, 0.2) is 6.04 Å². The highest BCUT2D eigenvalue weighted by molar-refractivity contribution is 5.76. The van der Waals surface area contributed by atoms with Gasteiger partial charge in [0.25, 0.3) is 0 Å². The van der Waals surface area contributed by atoms with Crippen LogP contribution in [0.5, 0.6) is 0 Å². The standard InChI is InChI=1S/C19H17N2/c1-20-12-13-21(14-20)19-17-8-4-2-6-15(17)10-11-16-7-3-5-9-18(16)19/h2-14,19H,1H3/q+1. The highest BCUT2D eigenvalue weighted by Gasteiger charge is 2.26. The number of nitrogens with zero attached hydrogens (tertiary/aromatic N) is 2. The monoisotopic (exact) mass is 273 g/mol. The average Bonchev–Trinajstić information content (AvgIpc) is 2.86. The lowest BCUT2D eigenvalue weighted by Crippen LogP contribution is -2.25. The van der Waals surface area contributed by atoms with Crippen LogP contribution in [0.2, 0.25) is 0 Å². The minimum absolute atomic E-state index is 0.216. The molecule has 2 aromatic carbocycles. The molecule has 0 saturated heterocycles. The first-order valence-corrected chi connectivity index (χ1v) is 7.21. The van der Waals surface area contributed by atoms with Gasteiger partial charge in [-0.2, -0.15) is 0 Å². The van der Waals surface area contributed by atoms with E-state index in [9.17, 15) is 0 Å². The van der Waals surface area contributed by atoms with Crippen molar-refractivity contribution in [2.45, 2.75) is 6.04 Å². The third kappa shape index (κ3) is 2.00. The molecule has 2 heteroatoms. The Hall–Kier alpha value is -2.61. The third-order valence-corrected chi connectivity index (χ3v) is 4.11. The summed E-state index contributed by atoms with van der Waals surface area (Å²) in [5, 5.41) is 0. The zero-order valence-electron chi connectivity index (χ0n) is 12.0. The normalized spacial score (nSPS) is 13.6. The minimum atomic E-state index is 0.216. The van der Waals surface area contributed by atoms with Crippen LogP contribution >= 0.6 is 0 Å². The quantitative estimate of drug-likeness (QED) is 0.470. The van der Waals surface area contributed by atoms with Gasteiger partial charge in [-0.1, -0.05) is 60.7 Å². The summed E-state index contributed by atoms with van der Waals surface area (Å²) in [6.07, 6.45) is 10.8. The summed E-state index contributed by atoms with van der Waals surface area (Å²) in [5.74, 6) is 0. The lowest BCUT2D eigenvalue weighted by Gasteiger charge is -2.17. The number of aryl methyl sites for hydroxylation is 1. The smallest absolute Gasteiger partial charge is 0.240 e. The largest absolute Gasteiger partial charge is 0.244 e. The number of hydrogen-bond acceptors (Lipinski definition) is 0. The van der Waals surface area contributed by atoms with Gasteiger partial charge in [-0.3, -0.25) is 0 Å². The Morgan fingerprint density at radius 1 is 0.857 bits per heavy atom. The first kappa shape index (κ1) is 12.2. The SMILES string of the molecule is C[n+]1ccn(C2c3ccccc3C=Cc3ccccc32)c1. The predicted octanol–water partition coefficient (Wildman–Crippen LogP) is 3.43. The second-order valence-electron chi connectivity index (χ2n) is 5.52. The Kier molecular flexibility index (Phi) is 2.74. The Morgan fingerprint density at radius 3 is 1.95 bits per heavy atom. The van der Waals surface area contributed by atoms with E-state index >= 15 is 0 Å². The highest BCUT2D eigenvalue weighted by Crippen LogP contribution is 2.35. The first-order valence-electron chi connectivity index (χ1n) is 7.21. The molecule has 0 spiro atoms. The number of aromatic nitrogens is 2. The molecular weight excluding hydrogens is 256 g/mol.